The zero-order valence-corrected chi connectivity index (χ0v) is 11.1. The molecule has 0 aromatic rings. The topological polar surface area (TPSA) is 58.6 Å². The molecule has 1 amide bonds. The molecule has 0 aromatic carbocycles. The quantitative estimate of drug-likeness (QED) is 0.731. The van der Waals surface area contributed by atoms with Crippen LogP contribution in [0.3, 0.4) is 0 Å². The molecule has 1 N–H and O–H groups in total. The van der Waals surface area contributed by atoms with E-state index in [2.05, 4.69) is 5.32 Å². The van der Waals surface area contributed by atoms with Crippen LogP contribution in [0, 0.1) is 5.92 Å². The first-order valence-corrected chi connectivity index (χ1v) is 6.77. The molecule has 5 nitrogen and oxygen atoms in total. The largest absolute Gasteiger partial charge is 0.467 e. The number of methoxy groups -OCH3 is 1. The summed E-state index contributed by atoms with van der Waals surface area (Å²) in [5.41, 5.74) is 0. The summed E-state index contributed by atoms with van der Waals surface area (Å²) < 4.78 is 4.81. The first-order chi connectivity index (χ1) is 8.65. The van der Waals surface area contributed by atoms with Crippen LogP contribution in [0.2, 0.25) is 0 Å². The number of carbonyl (C=O) groups is 2. The maximum absolute atomic E-state index is 12.5. The molecule has 2 aliphatic heterocycles. The minimum Gasteiger partial charge on any atom is -0.467 e. The highest BCUT2D eigenvalue weighted by molar-refractivity contribution is 5.86. The predicted molar refractivity (Wildman–Crippen MR) is 66.9 cm³/mol. The Morgan fingerprint density at radius 2 is 2.06 bits per heavy atom. The van der Waals surface area contributed by atoms with E-state index in [-0.39, 0.29) is 29.9 Å². The van der Waals surface area contributed by atoms with Gasteiger partial charge in [0.1, 0.15) is 6.04 Å². The molecule has 2 rings (SSSR count). The Morgan fingerprint density at radius 3 is 2.67 bits per heavy atom. The van der Waals surface area contributed by atoms with Gasteiger partial charge in [-0.25, -0.2) is 4.79 Å². The Kier molecular flexibility index (Phi) is 4.22. The molecule has 2 saturated heterocycles. The minimum absolute atomic E-state index is 0.00950. The first kappa shape index (κ1) is 13.3. The van der Waals surface area contributed by atoms with Gasteiger partial charge < -0.3 is 15.0 Å². The SMILES string of the molecule is COC(=O)C1CCCCN1C(=O)C1CCNC1C. The van der Waals surface area contributed by atoms with Crippen molar-refractivity contribution in [1.29, 1.82) is 0 Å². The van der Waals surface area contributed by atoms with Crippen molar-refractivity contribution >= 4 is 11.9 Å². The van der Waals surface area contributed by atoms with E-state index in [0.717, 1.165) is 32.2 Å². The van der Waals surface area contributed by atoms with Crippen molar-refractivity contribution in [3.63, 3.8) is 0 Å². The number of ether oxygens (including phenoxy) is 1. The summed E-state index contributed by atoms with van der Waals surface area (Å²) >= 11 is 0. The fraction of sp³-hybridized carbons (Fsp3) is 0.846. The van der Waals surface area contributed by atoms with E-state index in [1.54, 1.807) is 4.90 Å². The molecule has 3 atom stereocenters. The maximum Gasteiger partial charge on any atom is 0.328 e. The van der Waals surface area contributed by atoms with Crippen LogP contribution >= 0.6 is 0 Å². The van der Waals surface area contributed by atoms with Crippen LogP contribution in [0.1, 0.15) is 32.6 Å². The van der Waals surface area contributed by atoms with Crippen molar-refractivity contribution in [2.24, 2.45) is 5.92 Å². The Hall–Kier alpha value is -1.10. The van der Waals surface area contributed by atoms with E-state index < -0.39 is 0 Å². The molecular weight excluding hydrogens is 232 g/mol. The van der Waals surface area contributed by atoms with Gasteiger partial charge in [0.15, 0.2) is 0 Å². The minimum atomic E-state index is -0.371. The van der Waals surface area contributed by atoms with Crippen LogP contribution in [-0.4, -0.2) is 49.1 Å². The highest BCUT2D eigenvalue weighted by atomic mass is 16.5. The van der Waals surface area contributed by atoms with Gasteiger partial charge in [-0.15, -0.1) is 0 Å². The summed E-state index contributed by atoms with van der Waals surface area (Å²) in [6.07, 6.45) is 3.56. The molecule has 3 unspecified atom stereocenters. The van der Waals surface area contributed by atoms with Gasteiger partial charge in [-0.3, -0.25) is 4.79 Å². The molecule has 18 heavy (non-hydrogen) atoms. The van der Waals surface area contributed by atoms with Gasteiger partial charge >= 0.3 is 5.97 Å². The van der Waals surface area contributed by atoms with Crippen molar-refractivity contribution in [2.75, 3.05) is 20.2 Å². The summed E-state index contributed by atoms with van der Waals surface area (Å²) in [7, 11) is 1.39. The predicted octanol–water partition coefficient (Wildman–Crippen LogP) is 0.539. The Morgan fingerprint density at radius 1 is 1.28 bits per heavy atom. The lowest BCUT2D eigenvalue weighted by Crippen LogP contribution is -2.51. The molecule has 0 spiro atoms. The van der Waals surface area contributed by atoms with E-state index in [1.807, 2.05) is 6.92 Å². The molecule has 5 heteroatoms. The fourth-order valence-electron chi connectivity index (χ4n) is 2.99. The molecule has 0 radical (unpaired) electrons. The number of nitrogens with one attached hydrogen (secondary N) is 1. The number of rotatable bonds is 2. The second kappa shape index (κ2) is 5.69. The zero-order valence-electron chi connectivity index (χ0n) is 11.1. The average molecular weight is 254 g/mol. The van der Waals surface area contributed by atoms with E-state index >= 15 is 0 Å². The molecule has 0 bridgehead atoms. The number of nitrogens with zero attached hydrogens (tertiary/aromatic N) is 1. The van der Waals surface area contributed by atoms with Gasteiger partial charge in [0, 0.05) is 12.6 Å². The van der Waals surface area contributed by atoms with Gasteiger partial charge in [-0.2, -0.15) is 0 Å². The van der Waals surface area contributed by atoms with Gasteiger partial charge in [0.05, 0.1) is 13.0 Å². The van der Waals surface area contributed by atoms with E-state index in [4.69, 9.17) is 4.74 Å². The standard InChI is InChI=1S/C13H22N2O3/c1-9-10(6-7-14-9)12(16)15-8-4-3-5-11(15)13(17)18-2/h9-11,14H,3-8H2,1-2H3. The smallest absolute Gasteiger partial charge is 0.328 e. The summed E-state index contributed by atoms with van der Waals surface area (Å²) in [6.45, 7) is 3.60. The fourth-order valence-corrected chi connectivity index (χ4v) is 2.99. The van der Waals surface area contributed by atoms with Gasteiger partial charge in [0.2, 0.25) is 5.91 Å². The summed E-state index contributed by atoms with van der Waals surface area (Å²) in [5, 5.41) is 3.28. The molecule has 0 saturated carbocycles. The van der Waals surface area contributed by atoms with Crippen LogP contribution in [0.4, 0.5) is 0 Å². The van der Waals surface area contributed by atoms with Crippen molar-refractivity contribution in [3.05, 3.63) is 0 Å². The highest BCUT2D eigenvalue weighted by Crippen LogP contribution is 2.24. The molecule has 0 aromatic heterocycles. The lowest BCUT2D eigenvalue weighted by molar-refractivity contribution is -0.156. The number of hydrogen-bond donors (Lipinski definition) is 1. The Labute approximate surface area is 108 Å². The second-order valence-corrected chi connectivity index (χ2v) is 5.20. The van der Waals surface area contributed by atoms with Crippen LogP contribution < -0.4 is 5.32 Å². The lowest BCUT2D eigenvalue weighted by Gasteiger charge is -2.36. The lowest BCUT2D eigenvalue weighted by atomic mass is 9.95. The summed E-state index contributed by atoms with van der Waals surface area (Å²) in [6, 6.07) is -0.165. The van der Waals surface area contributed by atoms with Crippen molar-refractivity contribution < 1.29 is 14.3 Å². The van der Waals surface area contributed by atoms with Crippen LogP contribution in [-0.2, 0) is 14.3 Å². The summed E-state index contributed by atoms with van der Waals surface area (Å²) in [4.78, 5) is 26.0. The van der Waals surface area contributed by atoms with E-state index in [1.165, 1.54) is 7.11 Å². The number of piperidine rings is 1. The Bertz CT molecular complexity index is 332. The van der Waals surface area contributed by atoms with Crippen LogP contribution in [0.5, 0.6) is 0 Å². The van der Waals surface area contributed by atoms with E-state index in [0.29, 0.717) is 6.54 Å². The average Bonchev–Trinajstić information content (AvgIpc) is 2.83. The molecule has 102 valence electrons. The number of carbonyl (C=O) groups excluding carboxylic acids is 2. The monoisotopic (exact) mass is 254 g/mol. The maximum atomic E-state index is 12.5. The molecular formula is C13H22N2O3. The van der Waals surface area contributed by atoms with E-state index in [9.17, 15) is 9.59 Å². The van der Waals surface area contributed by atoms with Crippen LogP contribution in [0.15, 0.2) is 0 Å². The third kappa shape index (κ3) is 2.51. The second-order valence-electron chi connectivity index (χ2n) is 5.20. The van der Waals surface area contributed by atoms with Crippen molar-refractivity contribution in [2.45, 2.75) is 44.7 Å². The van der Waals surface area contributed by atoms with Gasteiger partial charge in [-0.05, 0) is 39.2 Å². The molecule has 0 aliphatic carbocycles. The number of esters is 1. The first-order valence-electron chi connectivity index (χ1n) is 6.77. The summed E-state index contributed by atoms with van der Waals surface area (Å²) in [5.74, 6) is -0.153. The number of likely N-dealkylation sites (tertiary alicyclic amines) is 1. The van der Waals surface area contributed by atoms with Gasteiger partial charge in [0.25, 0.3) is 0 Å². The zero-order chi connectivity index (χ0) is 13.1. The highest BCUT2D eigenvalue weighted by Gasteiger charge is 2.39. The molecule has 2 aliphatic rings. The van der Waals surface area contributed by atoms with Crippen LogP contribution in [0.25, 0.3) is 0 Å². The third-order valence-corrected chi connectivity index (χ3v) is 4.10. The molecule has 2 fully saturated rings. The number of amides is 1. The molecule has 2 heterocycles. The van der Waals surface area contributed by atoms with Crippen molar-refractivity contribution in [3.8, 4) is 0 Å². The Balaban J connectivity index is 2.08. The number of hydrogen-bond acceptors (Lipinski definition) is 4. The van der Waals surface area contributed by atoms with Gasteiger partial charge in [-0.1, -0.05) is 0 Å². The van der Waals surface area contributed by atoms with Crippen molar-refractivity contribution in [1.82, 2.24) is 10.2 Å². The normalized spacial score (nSPS) is 32.3. The third-order valence-electron chi connectivity index (χ3n) is 4.10.